The number of rotatable bonds is 4. The zero-order valence-corrected chi connectivity index (χ0v) is 11.8. The Kier molecular flexibility index (Phi) is 4.47. The van der Waals surface area contributed by atoms with E-state index < -0.39 is 11.5 Å². The molecular weight excluding hydrogens is 272 g/mol. The fourth-order valence-electron chi connectivity index (χ4n) is 2.72. The smallest absolute Gasteiger partial charge is 0.335 e. The maximum Gasteiger partial charge on any atom is 0.335 e. The van der Waals surface area contributed by atoms with Crippen LogP contribution in [0, 0.1) is 0 Å². The van der Waals surface area contributed by atoms with Gasteiger partial charge in [0, 0.05) is 12.0 Å². The molecule has 114 valence electrons. The van der Waals surface area contributed by atoms with Gasteiger partial charge in [-0.1, -0.05) is 19.3 Å². The number of amides is 1. The molecule has 6 nitrogen and oxygen atoms in total. The van der Waals surface area contributed by atoms with E-state index in [0.717, 1.165) is 32.1 Å². The summed E-state index contributed by atoms with van der Waals surface area (Å²) in [7, 11) is 0. The van der Waals surface area contributed by atoms with E-state index in [2.05, 4.69) is 5.32 Å². The Labute approximate surface area is 123 Å². The summed E-state index contributed by atoms with van der Waals surface area (Å²) in [6.07, 6.45) is 4.96. The lowest BCUT2D eigenvalue weighted by Gasteiger charge is -2.32. The van der Waals surface area contributed by atoms with Crippen molar-refractivity contribution in [2.45, 2.75) is 44.1 Å². The van der Waals surface area contributed by atoms with E-state index in [0.29, 0.717) is 0 Å². The van der Waals surface area contributed by atoms with Gasteiger partial charge in [-0.05, 0) is 31.0 Å². The van der Waals surface area contributed by atoms with Gasteiger partial charge in [0.15, 0.2) is 0 Å². The van der Waals surface area contributed by atoms with Crippen molar-refractivity contribution in [1.82, 2.24) is 0 Å². The van der Waals surface area contributed by atoms with Crippen LogP contribution in [-0.2, 0) is 4.79 Å². The number of nitrogens with two attached hydrogens (primary N) is 1. The van der Waals surface area contributed by atoms with E-state index in [1.54, 1.807) is 0 Å². The number of anilines is 1. The van der Waals surface area contributed by atoms with Gasteiger partial charge in [0.2, 0.25) is 5.91 Å². The third-order valence-corrected chi connectivity index (χ3v) is 3.88. The largest absolute Gasteiger partial charge is 0.506 e. The highest BCUT2D eigenvalue weighted by Gasteiger charge is 2.30. The van der Waals surface area contributed by atoms with Gasteiger partial charge >= 0.3 is 5.97 Å². The monoisotopic (exact) mass is 292 g/mol. The number of hydrogen-bond acceptors (Lipinski definition) is 4. The standard InChI is InChI=1S/C15H20N2O4/c16-15(6-2-1-3-7-15)9-13(19)17-11-8-10(14(20)21)4-5-12(11)18/h4-5,8,18H,1-3,6-7,9,16H2,(H,17,19)(H,20,21). The predicted molar refractivity (Wildman–Crippen MR) is 78.3 cm³/mol. The summed E-state index contributed by atoms with van der Waals surface area (Å²) >= 11 is 0. The number of aromatic carboxylic acids is 1. The fraction of sp³-hybridized carbons (Fsp3) is 0.467. The molecule has 1 aromatic carbocycles. The van der Waals surface area contributed by atoms with Crippen LogP contribution in [-0.4, -0.2) is 27.6 Å². The number of phenolic OH excluding ortho intramolecular Hbond substituents is 1. The van der Waals surface area contributed by atoms with E-state index in [4.69, 9.17) is 10.8 Å². The Morgan fingerprint density at radius 2 is 1.90 bits per heavy atom. The van der Waals surface area contributed by atoms with Crippen molar-refractivity contribution in [2.75, 3.05) is 5.32 Å². The van der Waals surface area contributed by atoms with Gasteiger partial charge in [-0.3, -0.25) is 4.79 Å². The van der Waals surface area contributed by atoms with Crippen molar-refractivity contribution in [3.63, 3.8) is 0 Å². The minimum atomic E-state index is -1.12. The van der Waals surface area contributed by atoms with Gasteiger partial charge in [0.05, 0.1) is 11.3 Å². The van der Waals surface area contributed by atoms with Gasteiger partial charge in [0.25, 0.3) is 0 Å². The third kappa shape index (κ3) is 3.95. The van der Waals surface area contributed by atoms with E-state index in [1.165, 1.54) is 18.2 Å². The molecule has 0 radical (unpaired) electrons. The number of carbonyl (C=O) groups excluding carboxylic acids is 1. The lowest BCUT2D eigenvalue weighted by Crippen LogP contribution is -2.44. The van der Waals surface area contributed by atoms with Gasteiger partial charge in [-0.15, -0.1) is 0 Å². The number of carboxylic acid groups (broad SMARTS) is 1. The number of phenols is 1. The number of carboxylic acids is 1. The van der Waals surface area contributed by atoms with Crippen LogP contribution in [0.25, 0.3) is 0 Å². The molecule has 5 N–H and O–H groups in total. The fourth-order valence-corrected chi connectivity index (χ4v) is 2.72. The van der Waals surface area contributed by atoms with Gasteiger partial charge in [-0.25, -0.2) is 4.79 Å². The van der Waals surface area contributed by atoms with Crippen LogP contribution in [0.1, 0.15) is 48.9 Å². The van der Waals surface area contributed by atoms with Crippen LogP contribution in [0.3, 0.4) is 0 Å². The Hall–Kier alpha value is -2.08. The zero-order valence-electron chi connectivity index (χ0n) is 11.8. The van der Waals surface area contributed by atoms with Crippen LogP contribution >= 0.6 is 0 Å². The number of aromatic hydroxyl groups is 1. The summed E-state index contributed by atoms with van der Waals surface area (Å²) in [5, 5.41) is 21.2. The normalized spacial score (nSPS) is 17.2. The lowest BCUT2D eigenvalue weighted by molar-refractivity contribution is -0.117. The summed E-state index contributed by atoms with van der Waals surface area (Å²) < 4.78 is 0. The van der Waals surface area contributed by atoms with Crippen LogP contribution in [0.2, 0.25) is 0 Å². The molecule has 0 spiro atoms. The van der Waals surface area contributed by atoms with E-state index in [1.807, 2.05) is 0 Å². The molecular formula is C15H20N2O4. The van der Waals surface area contributed by atoms with Crippen molar-refractivity contribution in [3.05, 3.63) is 23.8 Å². The molecule has 1 aliphatic rings. The molecule has 0 heterocycles. The molecule has 2 rings (SSSR count). The molecule has 21 heavy (non-hydrogen) atoms. The van der Waals surface area contributed by atoms with E-state index in [-0.39, 0.29) is 29.3 Å². The molecule has 0 aliphatic heterocycles. The molecule has 0 atom stereocenters. The molecule has 1 saturated carbocycles. The first kappa shape index (κ1) is 15.3. The summed E-state index contributed by atoms with van der Waals surface area (Å²) in [6.45, 7) is 0. The highest BCUT2D eigenvalue weighted by Crippen LogP contribution is 2.30. The maximum absolute atomic E-state index is 12.1. The van der Waals surface area contributed by atoms with Crippen molar-refractivity contribution < 1.29 is 19.8 Å². The first-order valence-corrected chi connectivity index (χ1v) is 7.05. The third-order valence-electron chi connectivity index (χ3n) is 3.88. The van der Waals surface area contributed by atoms with Gasteiger partial charge in [0.1, 0.15) is 5.75 Å². The van der Waals surface area contributed by atoms with Crippen molar-refractivity contribution in [1.29, 1.82) is 0 Å². The molecule has 1 amide bonds. The topological polar surface area (TPSA) is 113 Å². The Balaban J connectivity index is 2.05. The SMILES string of the molecule is NC1(CC(=O)Nc2cc(C(=O)O)ccc2O)CCCCC1. The van der Waals surface area contributed by atoms with Crippen LogP contribution in [0.15, 0.2) is 18.2 Å². The molecule has 1 fully saturated rings. The summed E-state index contributed by atoms with van der Waals surface area (Å²) in [5.74, 6) is -1.59. The predicted octanol–water partition coefficient (Wildman–Crippen LogP) is 2.08. The average molecular weight is 292 g/mol. The number of benzene rings is 1. The molecule has 1 aliphatic carbocycles. The van der Waals surface area contributed by atoms with E-state index in [9.17, 15) is 14.7 Å². The lowest BCUT2D eigenvalue weighted by atomic mass is 9.80. The molecule has 0 saturated heterocycles. The zero-order chi connectivity index (χ0) is 15.5. The average Bonchev–Trinajstić information content (AvgIpc) is 2.41. The number of hydrogen-bond donors (Lipinski definition) is 4. The Bertz CT molecular complexity index is 551. The quantitative estimate of drug-likeness (QED) is 0.635. The van der Waals surface area contributed by atoms with Crippen LogP contribution < -0.4 is 11.1 Å². The van der Waals surface area contributed by atoms with Crippen LogP contribution in [0.5, 0.6) is 5.75 Å². The molecule has 0 unspecified atom stereocenters. The minimum Gasteiger partial charge on any atom is -0.506 e. The number of nitrogens with one attached hydrogen (secondary N) is 1. The maximum atomic E-state index is 12.1. The Morgan fingerprint density at radius 3 is 2.52 bits per heavy atom. The van der Waals surface area contributed by atoms with Crippen molar-refractivity contribution in [3.8, 4) is 5.75 Å². The second kappa shape index (κ2) is 6.13. The first-order valence-electron chi connectivity index (χ1n) is 7.05. The summed E-state index contributed by atoms with van der Waals surface area (Å²) in [4.78, 5) is 23.0. The highest BCUT2D eigenvalue weighted by atomic mass is 16.4. The second-order valence-corrected chi connectivity index (χ2v) is 5.69. The number of carbonyl (C=O) groups is 2. The summed E-state index contributed by atoms with van der Waals surface area (Å²) in [6, 6.07) is 3.76. The first-order chi connectivity index (χ1) is 9.89. The molecule has 6 heteroatoms. The van der Waals surface area contributed by atoms with Crippen molar-refractivity contribution >= 4 is 17.6 Å². The molecule has 1 aromatic rings. The van der Waals surface area contributed by atoms with Crippen molar-refractivity contribution in [2.24, 2.45) is 5.73 Å². The highest BCUT2D eigenvalue weighted by molar-refractivity contribution is 5.95. The van der Waals surface area contributed by atoms with Gasteiger partial charge in [-0.2, -0.15) is 0 Å². The second-order valence-electron chi connectivity index (χ2n) is 5.69. The van der Waals surface area contributed by atoms with Crippen LogP contribution in [0.4, 0.5) is 5.69 Å². The molecule has 0 bridgehead atoms. The van der Waals surface area contributed by atoms with E-state index >= 15 is 0 Å². The van der Waals surface area contributed by atoms with Gasteiger partial charge < -0.3 is 21.3 Å². The minimum absolute atomic E-state index is 0.00299. The Morgan fingerprint density at radius 1 is 1.24 bits per heavy atom. The summed E-state index contributed by atoms with van der Waals surface area (Å²) in [5.41, 5.74) is 5.81. The molecule has 0 aromatic heterocycles.